The summed E-state index contributed by atoms with van der Waals surface area (Å²) in [6, 6.07) is 3.28. The van der Waals surface area contributed by atoms with Crippen LogP contribution >= 0.6 is 8.25 Å². The van der Waals surface area contributed by atoms with Crippen LogP contribution in [0.25, 0.3) is 0 Å². The Morgan fingerprint density at radius 2 is 1.33 bits per heavy atom. The molecule has 10 heteroatoms. The standard InChI is InChI=1S/C8H8N4O3P.2ClH/c13-16(14-11-5-1-3-9-7-11)15-12-6-2-4-10-8-12;;/h1-8H;2*1H/q+3;;/p-2. The van der Waals surface area contributed by atoms with E-state index in [1.807, 2.05) is 0 Å². The monoisotopic (exact) mass is 309 g/mol. The van der Waals surface area contributed by atoms with E-state index in [2.05, 4.69) is 9.97 Å². The van der Waals surface area contributed by atoms with E-state index in [0.29, 0.717) is 0 Å². The lowest BCUT2D eigenvalue weighted by atomic mass is 10.7. The van der Waals surface area contributed by atoms with Gasteiger partial charge in [-0.05, 0) is 9.25 Å². The van der Waals surface area contributed by atoms with E-state index in [1.165, 1.54) is 22.1 Å². The maximum atomic E-state index is 11.4. The highest BCUT2D eigenvalue weighted by atomic mass is 35.5. The van der Waals surface area contributed by atoms with Crippen molar-refractivity contribution in [2.75, 3.05) is 0 Å². The molecule has 0 fully saturated rings. The minimum absolute atomic E-state index is 0. The average molecular weight is 310 g/mol. The molecule has 0 saturated heterocycles. The van der Waals surface area contributed by atoms with Gasteiger partial charge >= 0.3 is 20.9 Å². The summed E-state index contributed by atoms with van der Waals surface area (Å²) < 4.78 is 23.6. The molecule has 0 aliphatic carbocycles. The summed E-state index contributed by atoms with van der Waals surface area (Å²) >= 11 is 0. The van der Waals surface area contributed by atoms with Gasteiger partial charge in [-0.3, -0.25) is 0 Å². The Kier molecular flexibility index (Phi) is 7.78. The molecule has 2 aromatic rings. The molecule has 0 aromatic carbocycles. The second-order valence-electron chi connectivity index (χ2n) is 2.62. The van der Waals surface area contributed by atoms with Crippen LogP contribution in [0.2, 0.25) is 0 Å². The topological polar surface area (TPSA) is 69.1 Å². The maximum Gasteiger partial charge on any atom is 0.885 e. The van der Waals surface area contributed by atoms with E-state index in [1.54, 1.807) is 36.9 Å². The Morgan fingerprint density at radius 3 is 1.67 bits per heavy atom. The minimum Gasteiger partial charge on any atom is -1.00 e. The fourth-order valence-electron chi connectivity index (χ4n) is 0.897. The molecule has 96 valence electrons. The van der Waals surface area contributed by atoms with Crippen LogP contribution in [-0.4, -0.2) is 9.97 Å². The van der Waals surface area contributed by atoms with Crippen molar-refractivity contribution in [1.29, 1.82) is 0 Å². The normalized spacial score (nSPS) is 8.44. The number of halogens is 2. The number of rotatable bonds is 4. The molecule has 0 saturated carbocycles. The first-order valence-corrected chi connectivity index (χ1v) is 5.41. The van der Waals surface area contributed by atoms with Crippen LogP contribution < -0.4 is 43.5 Å². The molecule has 0 atom stereocenters. The van der Waals surface area contributed by atoms with Crippen molar-refractivity contribution < 1.29 is 48.1 Å². The van der Waals surface area contributed by atoms with Gasteiger partial charge in [0.05, 0.1) is 0 Å². The third-order valence-electron chi connectivity index (χ3n) is 1.49. The second-order valence-corrected chi connectivity index (χ2v) is 3.39. The van der Waals surface area contributed by atoms with Gasteiger partial charge in [-0.1, -0.05) is 9.97 Å². The summed E-state index contributed by atoms with van der Waals surface area (Å²) in [6.07, 6.45) is 8.98. The Labute approximate surface area is 116 Å². The summed E-state index contributed by atoms with van der Waals surface area (Å²) in [4.78, 5) is 7.56. The molecule has 0 amide bonds. The highest BCUT2D eigenvalue weighted by Gasteiger charge is 2.31. The van der Waals surface area contributed by atoms with Crippen molar-refractivity contribution in [2.45, 2.75) is 0 Å². The molecule has 2 aromatic heterocycles. The molecule has 7 nitrogen and oxygen atoms in total. The number of aromatic nitrogens is 4. The van der Waals surface area contributed by atoms with E-state index in [9.17, 15) is 4.57 Å². The van der Waals surface area contributed by atoms with Crippen LogP contribution in [-0.2, 0) is 4.57 Å². The number of nitrogens with zero attached hydrogens (tertiary/aromatic N) is 4. The summed E-state index contributed by atoms with van der Waals surface area (Å²) in [5.74, 6) is 0. The summed E-state index contributed by atoms with van der Waals surface area (Å²) in [7, 11) is -2.34. The molecule has 0 N–H and O–H groups in total. The quantitative estimate of drug-likeness (QED) is 0.415. The van der Waals surface area contributed by atoms with E-state index in [4.69, 9.17) is 9.25 Å². The second kappa shape index (κ2) is 8.52. The highest BCUT2D eigenvalue weighted by molar-refractivity contribution is 7.33. The van der Waals surface area contributed by atoms with Crippen LogP contribution in [0.4, 0.5) is 0 Å². The Balaban J connectivity index is 0.00000144. The molecular weight excluding hydrogens is 302 g/mol. The van der Waals surface area contributed by atoms with Crippen molar-refractivity contribution in [1.82, 2.24) is 9.97 Å². The summed E-state index contributed by atoms with van der Waals surface area (Å²) in [6.45, 7) is 0. The third-order valence-corrected chi connectivity index (χ3v) is 2.14. The summed E-state index contributed by atoms with van der Waals surface area (Å²) in [5.41, 5.74) is 0. The van der Waals surface area contributed by atoms with Crippen molar-refractivity contribution in [3.05, 3.63) is 49.6 Å². The first-order chi connectivity index (χ1) is 7.84. The van der Waals surface area contributed by atoms with E-state index in [-0.39, 0.29) is 24.8 Å². The molecule has 2 heterocycles. The zero-order valence-corrected chi connectivity index (χ0v) is 11.2. The largest absolute Gasteiger partial charge is 1.00 e. The maximum absolute atomic E-state index is 11.4. The van der Waals surface area contributed by atoms with Gasteiger partial charge < -0.3 is 24.8 Å². The fraction of sp³-hybridized carbons (Fsp3) is 0. The molecule has 2 rings (SSSR count). The fourth-order valence-corrected chi connectivity index (χ4v) is 1.43. The van der Waals surface area contributed by atoms with Gasteiger partial charge in [0.1, 0.15) is 24.8 Å². The molecule has 18 heavy (non-hydrogen) atoms. The van der Waals surface area contributed by atoms with Gasteiger partial charge in [0, 0.05) is 26.2 Å². The Hall–Kier alpha value is -1.56. The van der Waals surface area contributed by atoms with Crippen LogP contribution in [0, 0.1) is 0 Å². The smallest absolute Gasteiger partial charge is 0.885 e. The molecule has 0 aliphatic rings. The molecule has 0 unspecified atom stereocenters. The third kappa shape index (κ3) is 5.18. The zero-order chi connectivity index (χ0) is 11.2. The van der Waals surface area contributed by atoms with Gasteiger partial charge in [-0.2, -0.15) is 0 Å². The van der Waals surface area contributed by atoms with Crippen molar-refractivity contribution in [2.24, 2.45) is 0 Å². The van der Waals surface area contributed by atoms with Crippen LogP contribution in [0.3, 0.4) is 0 Å². The highest BCUT2D eigenvalue weighted by Crippen LogP contribution is 2.07. The Morgan fingerprint density at radius 1 is 0.889 bits per heavy atom. The predicted octanol–water partition coefficient (Wildman–Crippen LogP) is -6.73. The van der Waals surface area contributed by atoms with Gasteiger partial charge in [0.2, 0.25) is 0 Å². The zero-order valence-electron chi connectivity index (χ0n) is 8.84. The SMILES string of the molecule is O=[P+](O[n+]1cccnc1)O[n+]1cccnc1.[Cl-].[Cl-]. The van der Waals surface area contributed by atoms with Gasteiger partial charge in [-0.25, -0.2) is 0 Å². The van der Waals surface area contributed by atoms with Gasteiger partial charge in [-0.15, -0.1) is 0 Å². The minimum atomic E-state index is -2.34. The van der Waals surface area contributed by atoms with Crippen molar-refractivity contribution in [3.63, 3.8) is 0 Å². The lowest BCUT2D eigenvalue weighted by Gasteiger charge is -1.85. The first-order valence-electron chi connectivity index (χ1n) is 4.31. The van der Waals surface area contributed by atoms with Crippen LogP contribution in [0.5, 0.6) is 0 Å². The lowest BCUT2D eigenvalue weighted by molar-refractivity contribution is -0.885. The predicted molar refractivity (Wildman–Crippen MR) is 49.6 cm³/mol. The van der Waals surface area contributed by atoms with E-state index < -0.39 is 8.25 Å². The number of hydrogen-bond donors (Lipinski definition) is 0. The Bertz CT molecular complexity index is 433. The van der Waals surface area contributed by atoms with E-state index in [0.717, 1.165) is 0 Å². The molecular formula is C8H8Cl2N4O3P+. The van der Waals surface area contributed by atoms with Gasteiger partial charge in [0.25, 0.3) is 0 Å². The molecule has 0 bridgehead atoms. The van der Waals surface area contributed by atoms with Crippen LogP contribution in [0.15, 0.2) is 49.6 Å². The molecule has 0 spiro atoms. The summed E-state index contributed by atoms with van der Waals surface area (Å²) in [5, 5.41) is 0. The first kappa shape index (κ1) is 16.4. The van der Waals surface area contributed by atoms with Crippen molar-refractivity contribution in [3.8, 4) is 0 Å². The average Bonchev–Trinajstić information content (AvgIpc) is 2.31. The van der Waals surface area contributed by atoms with Crippen molar-refractivity contribution >= 4 is 8.25 Å². The van der Waals surface area contributed by atoms with Gasteiger partial charge in [0.15, 0.2) is 0 Å². The van der Waals surface area contributed by atoms with Crippen LogP contribution in [0.1, 0.15) is 0 Å². The van der Waals surface area contributed by atoms with E-state index >= 15 is 0 Å². The lowest BCUT2D eigenvalue weighted by Crippen LogP contribution is -3.00. The molecule has 0 radical (unpaired) electrons. The molecule has 0 aliphatic heterocycles. The number of hydrogen-bond acceptors (Lipinski definition) is 5.